The molecule has 3 rings (SSSR count). The molecule has 0 saturated carbocycles. The maximum Gasteiger partial charge on any atom is 0.416 e. The van der Waals surface area contributed by atoms with E-state index in [1.165, 1.54) is 30.7 Å². The van der Waals surface area contributed by atoms with Gasteiger partial charge in [-0.25, -0.2) is 0 Å². The van der Waals surface area contributed by atoms with Gasteiger partial charge in [0.1, 0.15) is 0 Å². The molecule has 1 amide bonds. The number of hydrogen-bond donors (Lipinski definition) is 2. The molecule has 1 aliphatic rings. The first-order valence-electron chi connectivity index (χ1n) is 11.3. The molecule has 0 spiro atoms. The molecule has 4 nitrogen and oxygen atoms in total. The lowest BCUT2D eigenvalue weighted by molar-refractivity contribution is -0.137. The Bertz CT molecular complexity index is 857. The number of carbonyl (C=O) groups is 1. The fourth-order valence-corrected chi connectivity index (χ4v) is 3.96. The van der Waals surface area contributed by atoms with Crippen molar-refractivity contribution < 1.29 is 18.0 Å². The summed E-state index contributed by atoms with van der Waals surface area (Å²) in [4.78, 5) is 14.7. The third-order valence-electron chi connectivity index (χ3n) is 5.92. The lowest BCUT2D eigenvalue weighted by atomic mass is 10.00. The minimum atomic E-state index is -4.34. The van der Waals surface area contributed by atoms with E-state index in [9.17, 15) is 18.0 Å². The number of nitrogens with zero attached hydrogens (tertiary/aromatic N) is 1. The summed E-state index contributed by atoms with van der Waals surface area (Å²) in [6, 6.07) is 13.3. The van der Waals surface area contributed by atoms with Gasteiger partial charge in [-0.3, -0.25) is 4.79 Å². The van der Waals surface area contributed by atoms with Gasteiger partial charge in [-0.1, -0.05) is 26.0 Å². The Hall–Kier alpha value is -2.70. The van der Waals surface area contributed by atoms with Gasteiger partial charge in [0.25, 0.3) is 0 Å². The van der Waals surface area contributed by atoms with Gasteiger partial charge in [-0.2, -0.15) is 13.2 Å². The van der Waals surface area contributed by atoms with E-state index in [1.807, 2.05) is 26.0 Å². The molecule has 2 aromatic rings. The third kappa shape index (κ3) is 6.90. The standard InChI is InChI=1S/C25H32F3N3O/c1-18(2)23(30-21-9-7-20(8-10-21)25(26,27)28)13-14-29-24(32)17-19-5-11-22(12-6-19)31-15-3-4-16-31/h5-12,18,23,30H,3-4,13-17H2,1-2H3,(H,29,32)/t23-/m0/s1. The normalized spacial score (nSPS) is 15.1. The van der Waals surface area contributed by atoms with Crippen molar-refractivity contribution in [3.63, 3.8) is 0 Å². The molecule has 0 aromatic heterocycles. The van der Waals surface area contributed by atoms with E-state index in [2.05, 4.69) is 27.7 Å². The average molecular weight is 448 g/mol. The summed E-state index contributed by atoms with van der Waals surface area (Å²) >= 11 is 0. The predicted octanol–water partition coefficient (Wildman–Crippen LogP) is 5.49. The molecular weight excluding hydrogens is 415 g/mol. The fourth-order valence-electron chi connectivity index (χ4n) is 3.96. The van der Waals surface area contributed by atoms with Gasteiger partial charge < -0.3 is 15.5 Å². The topological polar surface area (TPSA) is 44.4 Å². The molecular formula is C25H32F3N3O. The molecule has 1 atom stereocenters. The van der Waals surface area contributed by atoms with E-state index in [0.29, 0.717) is 25.1 Å². The van der Waals surface area contributed by atoms with Crippen LogP contribution in [-0.2, 0) is 17.4 Å². The van der Waals surface area contributed by atoms with Gasteiger partial charge in [-0.15, -0.1) is 0 Å². The molecule has 32 heavy (non-hydrogen) atoms. The number of benzene rings is 2. The van der Waals surface area contributed by atoms with Crippen LogP contribution in [-0.4, -0.2) is 31.6 Å². The summed E-state index contributed by atoms with van der Waals surface area (Å²) in [5.74, 6) is 0.225. The van der Waals surface area contributed by atoms with Crippen LogP contribution in [0.2, 0.25) is 0 Å². The van der Waals surface area contributed by atoms with Crippen molar-refractivity contribution in [1.82, 2.24) is 5.32 Å². The highest BCUT2D eigenvalue weighted by molar-refractivity contribution is 5.78. The lowest BCUT2D eigenvalue weighted by Crippen LogP contribution is -2.33. The summed E-state index contributed by atoms with van der Waals surface area (Å²) in [5, 5.41) is 6.25. The molecule has 7 heteroatoms. The van der Waals surface area contributed by atoms with Gasteiger partial charge in [0.05, 0.1) is 12.0 Å². The van der Waals surface area contributed by atoms with Crippen LogP contribution >= 0.6 is 0 Å². The molecule has 1 heterocycles. The van der Waals surface area contributed by atoms with Gasteiger partial charge >= 0.3 is 6.18 Å². The van der Waals surface area contributed by atoms with E-state index >= 15 is 0 Å². The Morgan fingerprint density at radius 1 is 1.00 bits per heavy atom. The quantitative estimate of drug-likeness (QED) is 0.534. The molecule has 2 N–H and O–H groups in total. The Morgan fingerprint density at radius 2 is 1.62 bits per heavy atom. The second-order valence-electron chi connectivity index (χ2n) is 8.75. The highest BCUT2D eigenvalue weighted by Gasteiger charge is 2.30. The summed E-state index contributed by atoms with van der Waals surface area (Å²) < 4.78 is 38.2. The zero-order valence-electron chi connectivity index (χ0n) is 18.7. The van der Waals surface area contributed by atoms with Crippen LogP contribution in [0.3, 0.4) is 0 Å². The summed E-state index contributed by atoms with van der Waals surface area (Å²) in [6.45, 7) is 6.78. The molecule has 1 fully saturated rings. The minimum Gasteiger partial charge on any atom is -0.382 e. The Balaban J connectivity index is 1.45. The first-order chi connectivity index (χ1) is 15.2. The zero-order valence-corrected chi connectivity index (χ0v) is 18.7. The maximum absolute atomic E-state index is 12.7. The van der Waals surface area contributed by atoms with Gasteiger partial charge in [0.2, 0.25) is 5.91 Å². The van der Waals surface area contributed by atoms with E-state index in [0.717, 1.165) is 30.8 Å². The second kappa shape index (κ2) is 10.7. The Kier molecular flexibility index (Phi) is 8.04. The van der Waals surface area contributed by atoms with Gasteiger partial charge in [0.15, 0.2) is 0 Å². The molecule has 174 valence electrons. The average Bonchev–Trinajstić information content (AvgIpc) is 3.28. The number of carbonyl (C=O) groups excluding carboxylic acids is 1. The third-order valence-corrected chi connectivity index (χ3v) is 5.92. The largest absolute Gasteiger partial charge is 0.416 e. The van der Waals surface area contributed by atoms with Crippen molar-refractivity contribution in [3.8, 4) is 0 Å². The summed E-state index contributed by atoms with van der Waals surface area (Å²) in [5.41, 5.74) is 2.17. The van der Waals surface area contributed by atoms with Crippen molar-refractivity contribution >= 4 is 17.3 Å². The van der Waals surface area contributed by atoms with Crippen molar-refractivity contribution in [1.29, 1.82) is 0 Å². The van der Waals surface area contributed by atoms with Crippen LogP contribution in [0.15, 0.2) is 48.5 Å². The Labute approximate surface area is 188 Å². The Morgan fingerprint density at radius 3 is 2.19 bits per heavy atom. The zero-order chi connectivity index (χ0) is 23.1. The molecule has 0 bridgehead atoms. The predicted molar refractivity (Wildman–Crippen MR) is 123 cm³/mol. The van der Waals surface area contributed by atoms with Crippen LogP contribution in [0.25, 0.3) is 0 Å². The van der Waals surface area contributed by atoms with E-state index < -0.39 is 11.7 Å². The number of rotatable bonds is 9. The maximum atomic E-state index is 12.7. The number of halogens is 3. The smallest absolute Gasteiger partial charge is 0.382 e. The van der Waals surface area contributed by atoms with Crippen LogP contribution in [0.1, 0.15) is 44.2 Å². The van der Waals surface area contributed by atoms with Crippen LogP contribution in [0.5, 0.6) is 0 Å². The summed E-state index contributed by atoms with van der Waals surface area (Å²) in [7, 11) is 0. The molecule has 0 radical (unpaired) electrons. The molecule has 1 aliphatic heterocycles. The van der Waals surface area contributed by atoms with Gasteiger partial charge in [-0.05, 0) is 67.1 Å². The number of nitrogens with one attached hydrogen (secondary N) is 2. The number of alkyl halides is 3. The van der Waals surface area contributed by atoms with E-state index in [4.69, 9.17) is 0 Å². The van der Waals surface area contributed by atoms with Gasteiger partial charge in [0, 0.05) is 37.1 Å². The highest BCUT2D eigenvalue weighted by atomic mass is 19.4. The first kappa shape index (κ1) is 24.0. The van der Waals surface area contributed by atoms with Crippen molar-refractivity contribution in [3.05, 3.63) is 59.7 Å². The first-order valence-corrected chi connectivity index (χ1v) is 11.3. The number of hydrogen-bond acceptors (Lipinski definition) is 3. The van der Waals surface area contributed by atoms with Crippen LogP contribution in [0.4, 0.5) is 24.5 Å². The van der Waals surface area contributed by atoms with E-state index in [1.54, 1.807) is 0 Å². The number of amides is 1. The van der Waals surface area contributed by atoms with Crippen molar-refractivity contribution in [2.75, 3.05) is 29.9 Å². The second-order valence-corrected chi connectivity index (χ2v) is 8.75. The van der Waals surface area contributed by atoms with Crippen LogP contribution < -0.4 is 15.5 Å². The van der Waals surface area contributed by atoms with E-state index in [-0.39, 0.29) is 17.9 Å². The molecule has 1 saturated heterocycles. The summed E-state index contributed by atoms with van der Waals surface area (Å²) in [6.07, 6.45) is -0.865. The SMILES string of the molecule is CC(C)[C@H](CCNC(=O)Cc1ccc(N2CCCC2)cc1)Nc1ccc(C(F)(F)F)cc1. The van der Waals surface area contributed by atoms with Crippen molar-refractivity contribution in [2.24, 2.45) is 5.92 Å². The lowest BCUT2D eigenvalue weighted by Gasteiger charge is -2.24. The minimum absolute atomic E-state index is 0.0315. The fraction of sp³-hybridized carbons (Fsp3) is 0.480. The molecule has 2 aromatic carbocycles. The monoisotopic (exact) mass is 447 g/mol. The molecule has 0 unspecified atom stereocenters. The van der Waals surface area contributed by atoms with Crippen molar-refractivity contribution in [2.45, 2.75) is 51.7 Å². The number of anilines is 2. The molecule has 0 aliphatic carbocycles. The highest BCUT2D eigenvalue weighted by Crippen LogP contribution is 2.30. The van der Waals surface area contributed by atoms with Crippen LogP contribution in [0, 0.1) is 5.92 Å².